The van der Waals surface area contributed by atoms with Crippen LogP contribution in [0.3, 0.4) is 0 Å². The van der Waals surface area contributed by atoms with Gasteiger partial charge in [0.2, 0.25) is 0 Å². The van der Waals surface area contributed by atoms with Crippen LogP contribution < -0.4 is 5.32 Å². The van der Waals surface area contributed by atoms with Crippen LogP contribution in [0.5, 0.6) is 0 Å². The lowest BCUT2D eigenvalue weighted by molar-refractivity contribution is -0.184. The minimum absolute atomic E-state index is 0.0662. The highest BCUT2D eigenvalue weighted by Gasteiger charge is 2.42. The fourth-order valence-corrected chi connectivity index (χ4v) is 3.53. The van der Waals surface area contributed by atoms with E-state index in [1.54, 1.807) is 4.90 Å². The van der Waals surface area contributed by atoms with Crippen molar-refractivity contribution in [2.75, 3.05) is 13.1 Å². The summed E-state index contributed by atoms with van der Waals surface area (Å²) in [7, 11) is 0. The van der Waals surface area contributed by atoms with Gasteiger partial charge < -0.3 is 15.0 Å². The first-order valence-corrected chi connectivity index (χ1v) is 8.85. The van der Waals surface area contributed by atoms with Crippen molar-refractivity contribution < 1.29 is 22.7 Å². The van der Waals surface area contributed by atoms with Crippen LogP contribution in [-0.2, 0) is 4.74 Å². The Kier molecular flexibility index (Phi) is 6.04. The van der Waals surface area contributed by atoms with Crippen molar-refractivity contribution in [3.63, 3.8) is 0 Å². The molecule has 1 aliphatic carbocycles. The van der Waals surface area contributed by atoms with Crippen LogP contribution in [0.25, 0.3) is 0 Å². The average molecular weight is 350 g/mol. The smallest absolute Gasteiger partial charge is 0.410 e. The molecular weight excluding hydrogens is 321 g/mol. The van der Waals surface area contributed by atoms with Crippen molar-refractivity contribution in [3.8, 4) is 0 Å². The molecule has 2 atom stereocenters. The van der Waals surface area contributed by atoms with E-state index in [0.717, 1.165) is 19.3 Å². The number of alkyl halides is 3. The van der Waals surface area contributed by atoms with Gasteiger partial charge >= 0.3 is 12.3 Å². The Morgan fingerprint density at radius 2 is 1.67 bits per heavy atom. The van der Waals surface area contributed by atoms with Crippen LogP contribution in [0.2, 0.25) is 0 Å². The summed E-state index contributed by atoms with van der Waals surface area (Å²) >= 11 is 0. The normalized spacial score (nSPS) is 27.2. The van der Waals surface area contributed by atoms with E-state index >= 15 is 0 Å². The molecule has 2 rings (SSSR count). The van der Waals surface area contributed by atoms with E-state index in [4.69, 9.17) is 4.74 Å². The molecule has 2 unspecified atom stereocenters. The van der Waals surface area contributed by atoms with Crippen LogP contribution in [0.1, 0.15) is 59.3 Å². The highest BCUT2D eigenvalue weighted by Crippen LogP contribution is 2.37. The summed E-state index contributed by atoms with van der Waals surface area (Å²) in [5.74, 6) is -1.18. The summed E-state index contributed by atoms with van der Waals surface area (Å²) < 4.78 is 44.0. The van der Waals surface area contributed by atoms with Crippen molar-refractivity contribution >= 4 is 6.09 Å². The van der Waals surface area contributed by atoms with Crippen molar-refractivity contribution in [1.82, 2.24) is 10.2 Å². The van der Waals surface area contributed by atoms with Gasteiger partial charge in [0.05, 0.1) is 5.92 Å². The van der Waals surface area contributed by atoms with Gasteiger partial charge in [-0.25, -0.2) is 4.79 Å². The molecule has 0 aromatic heterocycles. The Morgan fingerprint density at radius 1 is 1.04 bits per heavy atom. The molecule has 1 heterocycles. The summed E-state index contributed by atoms with van der Waals surface area (Å²) in [6, 6.07) is 0.115. The lowest BCUT2D eigenvalue weighted by Crippen LogP contribution is -2.50. The lowest BCUT2D eigenvalue weighted by atomic mass is 9.84. The predicted molar refractivity (Wildman–Crippen MR) is 85.8 cm³/mol. The zero-order chi connectivity index (χ0) is 18.0. The summed E-state index contributed by atoms with van der Waals surface area (Å²) in [5.41, 5.74) is -0.513. The first-order chi connectivity index (χ1) is 11.0. The minimum atomic E-state index is -4.08. The Morgan fingerprint density at radius 3 is 2.21 bits per heavy atom. The second-order valence-electron chi connectivity index (χ2n) is 8.01. The maximum Gasteiger partial charge on any atom is 0.410 e. The maximum absolute atomic E-state index is 12.9. The number of hydrogen-bond acceptors (Lipinski definition) is 3. The fourth-order valence-electron chi connectivity index (χ4n) is 3.53. The summed E-state index contributed by atoms with van der Waals surface area (Å²) in [6.07, 6.45) is -1.03. The largest absolute Gasteiger partial charge is 0.444 e. The molecular formula is C17H29F3N2O2. The number of carbonyl (C=O) groups excluding carboxylic acids is 1. The Bertz CT molecular complexity index is 427. The number of halogens is 3. The van der Waals surface area contributed by atoms with Gasteiger partial charge in [0.1, 0.15) is 5.60 Å². The van der Waals surface area contributed by atoms with Crippen molar-refractivity contribution in [2.24, 2.45) is 5.92 Å². The number of nitrogens with one attached hydrogen (secondary N) is 1. The van der Waals surface area contributed by atoms with Gasteiger partial charge in [-0.2, -0.15) is 13.2 Å². The molecule has 1 N–H and O–H groups in total. The molecule has 24 heavy (non-hydrogen) atoms. The molecule has 0 radical (unpaired) electrons. The molecule has 1 saturated heterocycles. The number of ether oxygens (including phenoxy) is 1. The number of hydrogen-bond donors (Lipinski definition) is 1. The molecule has 1 saturated carbocycles. The van der Waals surface area contributed by atoms with Crippen molar-refractivity contribution in [1.29, 1.82) is 0 Å². The third kappa shape index (κ3) is 5.83. The summed E-state index contributed by atoms with van der Waals surface area (Å²) in [6.45, 7) is 6.67. The molecule has 0 aromatic carbocycles. The third-order valence-electron chi connectivity index (χ3n) is 4.76. The SMILES string of the molecule is CC(C)(C)OC(=O)N1CCC(NC2CCCC(C(F)(F)F)C2)CC1. The Hall–Kier alpha value is -0.980. The highest BCUT2D eigenvalue weighted by molar-refractivity contribution is 5.68. The lowest BCUT2D eigenvalue weighted by Gasteiger charge is -2.37. The molecule has 7 heteroatoms. The second kappa shape index (κ2) is 7.50. The minimum Gasteiger partial charge on any atom is -0.444 e. The van der Waals surface area contributed by atoms with Gasteiger partial charge in [-0.05, 0) is 52.9 Å². The van der Waals surface area contributed by atoms with E-state index < -0.39 is 17.7 Å². The zero-order valence-corrected chi connectivity index (χ0v) is 14.8. The van der Waals surface area contributed by atoms with Crippen molar-refractivity contribution in [3.05, 3.63) is 0 Å². The van der Waals surface area contributed by atoms with Gasteiger partial charge in [-0.15, -0.1) is 0 Å². The highest BCUT2D eigenvalue weighted by atomic mass is 19.4. The molecule has 140 valence electrons. The zero-order valence-electron chi connectivity index (χ0n) is 14.8. The van der Waals surface area contributed by atoms with E-state index in [2.05, 4.69) is 5.32 Å². The first kappa shape index (κ1) is 19.3. The molecule has 2 fully saturated rings. The van der Waals surface area contributed by atoms with Crippen LogP contribution in [0.15, 0.2) is 0 Å². The van der Waals surface area contributed by atoms with E-state index in [1.165, 1.54) is 0 Å². The van der Waals surface area contributed by atoms with Crippen LogP contribution in [0.4, 0.5) is 18.0 Å². The maximum atomic E-state index is 12.9. The molecule has 1 aliphatic heterocycles. The van der Waals surface area contributed by atoms with E-state index in [9.17, 15) is 18.0 Å². The number of amides is 1. The summed E-state index contributed by atoms with van der Waals surface area (Å²) in [5, 5.41) is 3.39. The van der Waals surface area contributed by atoms with Crippen LogP contribution in [0, 0.1) is 5.92 Å². The Labute approximate surface area is 142 Å². The Balaban J connectivity index is 1.76. The standard InChI is InChI=1S/C17H29F3N2O2/c1-16(2,3)24-15(23)22-9-7-13(8-10-22)21-14-6-4-5-12(11-14)17(18,19)20/h12-14,21H,4-11H2,1-3H3. The molecule has 0 spiro atoms. The van der Waals surface area contributed by atoms with Crippen molar-refractivity contribution in [2.45, 2.75) is 83.2 Å². The van der Waals surface area contributed by atoms with E-state index in [1.807, 2.05) is 20.8 Å². The van der Waals surface area contributed by atoms with Gasteiger partial charge in [-0.3, -0.25) is 0 Å². The number of piperidine rings is 1. The molecule has 2 aliphatic rings. The van der Waals surface area contributed by atoms with Crippen LogP contribution in [-0.4, -0.2) is 47.9 Å². The quantitative estimate of drug-likeness (QED) is 0.815. The van der Waals surface area contributed by atoms with Gasteiger partial charge in [0, 0.05) is 25.2 Å². The number of rotatable bonds is 2. The predicted octanol–water partition coefficient (Wildman–Crippen LogP) is 4.10. The number of nitrogens with zero attached hydrogens (tertiary/aromatic N) is 1. The number of likely N-dealkylation sites (tertiary alicyclic amines) is 1. The topological polar surface area (TPSA) is 41.6 Å². The number of carbonyl (C=O) groups is 1. The first-order valence-electron chi connectivity index (χ1n) is 8.85. The molecule has 0 aromatic rings. The monoisotopic (exact) mass is 350 g/mol. The molecule has 4 nitrogen and oxygen atoms in total. The van der Waals surface area contributed by atoms with Gasteiger partial charge in [-0.1, -0.05) is 6.42 Å². The molecule has 1 amide bonds. The average Bonchev–Trinajstić information content (AvgIpc) is 2.45. The third-order valence-corrected chi connectivity index (χ3v) is 4.76. The fraction of sp³-hybridized carbons (Fsp3) is 0.941. The molecule has 0 bridgehead atoms. The van der Waals surface area contributed by atoms with E-state index in [0.29, 0.717) is 19.5 Å². The summed E-state index contributed by atoms with van der Waals surface area (Å²) in [4.78, 5) is 13.7. The van der Waals surface area contributed by atoms with Crippen LogP contribution >= 0.6 is 0 Å². The second-order valence-corrected chi connectivity index (χ2v) is 8.01. The van der Waals surface area contributed by atoms with Gasteiger partial charge in [0.25, 0.3) is 0 Å². The van der Waals surface area contributed by atoms with E-state index in [-0.39, 0.29) is 31.0 Å². The van der Waals surface area contributed by atoms with Gasteiger partial charge in [0.15, 0.2) is 0 Å².